The lowest BCUT2D eigenvalue weighted by atomic mass is 10.2. The van der Waals surface area contributed by atoms with Crippen molar-refractivity contribution < 1.29 is 16.9 Å². The van der Waals surface area contributed by atoms with Crippen molar-refractivity contribution in [3.8, 4) is 0 Å². The molecule has 0 N–H and O–H groups in total. The Morgan fingerprint density at radius 3 is 2.06 bits per heavy atom. The molecule has 0 radical (unpaired) electrons. The molecule has 0 aliphatic heterocycles. The van der Waals surface area contributed by atoms with Crippen molar-refractivity contribution in [2.24, 2.45) is 0 Å². The Kier molecular flexibility index (Phi) is 7.19. The van der Waals surface area contributed by atoms with Crippen molar-refractivity contribution in [3.63, 3.8) is 0 Å². The van der Waals surface area contributed by atoms with Gasteiger partial charge in [0.25, 0.3) is 0 Å². The van der Waals surface area contributed by atoms with Crippen molar-refractivity contribution in [1.82, 2.24) is 0 Å². The Morgan fingerprint density at radius 2 is 1.56 bits per heavy atom. The monoisotopic (exact) mass is 285 g/mol. The summed E-state index contributed by atoms with van der Waals surface area (Å²) in [6.07, 6.45) is 1.37. The zero-order valence-corrected chi connectivity index (χ0v) is 14.3. The highest BCUT2D eigenvalue weighted by Gasteiger charge is 2.18. The number of nitrogens with zero attached hydrogens (tertiary/aromatic N) is 1. The van der Waals surface area contributed by atoms with Crippen LogP contribution in [0.5, 0.6) is 0 Å². The first-order chi connectivity index (χ1) is 7.79. The Bertz CT molecular complexity index is 330. The van der Waals surface area contributed by atoms with Crippen LogP contribution < -0.4 is 12.4 Å². The maximum absolute atomic E-state index is 2.46. The minimum atomic E-state index is -0.859. The van der Waals surface area contributed by atoms with Gasteiger partial charge in [-0.15, -0.1) is 0 Å². The molecule has 0 aliphatic rings. The van der Waals surface area contributed by atoms with Gasteiger partial charge in [-0.25, -0.2) is 0 Å². The zero-order valence-electron chi connectivity index (χ0n) is 12.5. The van der Waals surface area contributed by atoms with Gasteiger partial charge >= 0.3 is 0 Å². The molecule has 0 saturated carbocycles. The van der Waals surface area contributed by atoms with Gasteiger partial charge in [0.05, 0.1) is 20.6 Å². The highest BCUT2D eigenvalue weighted by molar-refractivity contribution is 6.76. The minimum absolute atomic E-state index is 0. The van der Waals surface area contributed by atoms with Crippen molar-refractivity contribution in [2.45, 2.75) is 38.7 Å². The Balaban J connectivity index is 0.00000289. The van der Waals surface area contributed by atoms with Gasteiger partial charge in [0, 0.05) is 13.6 Å². The van der Waals surface area contributed by atoms with Crippen LogP contribution in [0, 0.1) is 0 Å². The smallest absolute Gasteiger partial charge is 0.104 e. The molecule has 1 rings (SSSR count). The first-order valence-electron chi connectivity index (χ1n) is 6.64. The number of hydrogen-bond donors (Lipinski definition) is 0. The number of halogens is 1. The molecule has 1 aromatic carbocycles. The molecule has 1 aromatic rings. The van der Waals surface area contributed by atoms with Crippen molar-refractivity contribution >= 4 is 8.07 Å². The summed E-state index contributed by atoms with van der Waals surface area (Å²) in [4.78, 5) is 0. The largest absolute Gasteiger partial charge is 1.00 e. The fourth-order valence-corrected chi connectivity index (χ4v) is 3.41. The van der Waals surface area contributed by atoms with Gasteiger partial charge in [0.1, 0.15) is 6.54 Å². The van der Waals surface area contributed by atoms with E-state index in [0.717, 1.165) is 11.0 Å². The van der Waals surface area contributed by atoms with Gasteiger partial charge in [-0.1, -0.05) is 56.0 Å². The predicted octanol–water partition coefficient (Wildman–Crippen LogP) is 0.995. The molecule has 0 atom stereocenters. The molecule has 0 bridgehead atoms. The Labute approximate surface area is 120 Å². The molecule has 0 aromatic heterocycles. The highest BCUT2D eigenvalue weighted by atomic mass is 35.5. The van der Waals surface area contributed by atoms with Crippen LogP contribution in [0.15, 0.2) is 30.3 Å². The molecule has 0 unspecified atom stereocenters. The summed E-state index contributed by atoms with van der Waals surface area (Å²) in [5, 5.41) is 0. The van der Waals surface area contributed by atoms with Crippen LogP contribution in [-0.4, -0.2) is 33.2 Å². The van der Waals surface area contributed by atoms with Crippen LogP contribution in [0.1, 0.15) is 12.0 Å². The van der Waals surface area contributed by atoms with Crippen molar-refractivity contribution in [3.05, 3.63) is 35.9 Å². The van der Waals surface area contributed by atoms with Crippen molar-refractivity contribution in [2.75, 3.05) is 20.6 Å². The van der Waals surface area contributed by atoms with E-state index in [9.17, 15) is 0 Å². The Morgan fingerprint density at radius 1 is 1.00 bits per heavy atom. The third-order valence-corrected chi connectivity index (χ3v) is 5.00. The van der Waals surface area contributed by atoms with E-state index < -0.39 is 8.07 Å². The summed E-state index contributed by atoms with van der Waals surface area (Å²) in [6.45, 7) is 9.82. The number of benzene rings is 1. The Hall–Kier alpha value is -0.313. The molecule has 0 saturated heterocycles. The molecule has 0 amide bonds. The normalized spacial score (nSPS) is 12.1. The number of quaternary nitrogens is 1. The average Bonchev–Trinajstić information content (AvgIpc) is 2.15. The van der Waals surface area contributed by atoms with E-state index in [1.165, 1.54) is 24.6 Å². The lowest BCUT2D eigenvalue weighted by Crippen LogP contribution is -3.00. The molecular formula is C15H28ClNSi. The van der Waals surface area contributed by atoms with Gasteiger partial charge in [0.15, 0.2) is 0 Å². The number of hydrogen-bond acceptors (Lipinski definition) is 0. The van der Waals surface area contributed by atoms with E-state index in [-0.39, 0.29) is 12.4 Å². The summed E-state index contributed by atoms with van der Waals surface area (Å²) >= 11 is 0. The van der Waals surface area contributed by atoms with Crippen LogP contribution in [-0.2, 0) is 6.54 Å². The first kappa shape index (κ1) is 17.7. The third kappa shape index (κ3) is 7.91. The van der Waals surface area contributed by atoms with Gasteiger partial charge in [-0.3, -0.25) is 0 Å². The second-order valence-corrected chi connectivity index (χ2v) is 12.6. The molecule has 0 fully saturated rings. The van der Waals surface area contributed by atoms with Gasteiger partial charge in [0.2, 0.25) is 0 Å². The fraction of sp³-hybridized carbons (Fsp3) is 0.600. The topological polar surface area (TPSA) is 0 Å². The van der Waals surface area contributed by atoms with Crippen LogP contribution in [0.2, 0.25) is 25.7 Å². The quantitative estimate of drug-likeness (QED) is 0.540. The van der Waals surface area contributed by atoms with E-state index in [1.54, 1.807) is 0 Å². The van der Waals surface area contributed by atoms with Gasteiger partial charge < -0.3 is 16.9 Å². The van der Waals surface area contributed by atoms with E-state index in [2.05, 4.69) is 64.1 Å². The molecule has 3 heteroatoms. The zero-order chi connectivity index (χ0) is 12.9. The molecule has 0 spiro atoms. The lowest BCUT2D eigenvalue weighted by molar-refractivity contribution is -0.903. The predicted molar refractivity (Wildman–Crippen MR) is 79.9 cm³/mol. The molecule has 1 nitrogen and oxygen atoms in total. The SMILES string of the molecule is C[N+](C)(CCC[Si](C)(C)C)Cc1ccccc1.[Cl-]. The standard InChI is InChI=1S/C15H28NSi.ClH/c1-16(2,12-9-13-17(3,4)5)14-15-10-7-6-8-11-15;/h6-8,10-11H,9,12-14H2,1-5H3;1H/q+1;/p-1. The average molecular weight is 286 g/mol. The van der Waals surface area contributed by atoms with Crippen LogP contribution in [0.4, 0.5) is 0 Å². The maximum atomic E-state index is 2.46. The first-order valence-corrected chi connectivity index (χ1v) is 10.4. The summed E-state index contributed by atoms with van der Waals surface area (Å²) < 4.78 is 1.11. The van der Waals surface area contributed by atoms with Crippen LogP contribution in [0.25, 0.3) is 0 Å². The third-order valence-electron chi connectivity index (χ3n) is 3.14. The molecular weight excluding hydrogens is 258 g/mol. The van der Waals surface area contributed by atoms with E-state index in [1.807, 2.05) is 0 Å². The van der Waals surface area contributed by atoms with Crippen LogP contribution in [0.3, 0.4) is 0 Å². The minimum Gasteiger partial charge on any atom is -1.00 e. The van der Waals surface area contributed by atoms with E-state index >= 15 is 0 Å². The summed E-state index contributed by atoms with van der Waals surface area (Å²) in [6, 6.07) is 12.3. The lowest BCUT2D eigenvalue weighted by Gasteiger charge is -2.31. The van der Waals surface area contributed by atoms with Gasteiger partial charge in [-0.2, -0.15) is 0 Å². The highest BCUT2D eigenvalue weighted by Crippen LogP contribution is 2.15. The fourth-order valence-electron chi connectivity index (χ4n) is 2.19. The summed E-state index contributed by atoms with van der Waals surface area (Å²) in [5.74, 6) is 0. The van der Waals surface area contributed by atoms with Crippen molar-refractivity contribution in [1.29, 1.82) is 0 Å². The van der Waals surface area contributed by atoms with Gasteiger partial charge in [-0.05, 0) is 6.42 Å². The second kappa shape index (κ2) is 7.32. The number of rotatable bonds is 6. The molecule has 0 heterocycles. The van der Waals surface area contributed by atoms with E-state index in [4.69, 9.17) is 0 Å². The van der Waals surface area contributed by atoms with Crippen LogP contribution >= 0.6 is 0 Å². The molecule has 104 valence electrons. The maximum Gasteiger partial charge on any atom is 0.104 e. The van der Waals surface area contributed by atoms with E-state index in [0.29, 0.717) is 0 Å². The summed E-state index contributed by atoms with van der Waals surface area (Å²) in [5.41, 5.74) is 1.45. The molecule has 0 aliphatic carbocycles. The summed E-state index contributed by atoms with van der Waals surface area (Å²) in [7, 11) is 3.83. The molecule has 18 heavy (non-hydrogen) atoms. The second-order valence-electron chi connectivity index (χ2n) is 6.97.